The number of fused-ring (bicyclic) bond motifs is 1. The SMILES string of the molecule is CC1(C(Cl)c2ccc(Cl)c3ccccc23)CCCO1. The average molecular weight is 295 g/mol. The lowest BCUT2D eigenvalue weighted by Gasteiger charge is -2.30. The Morgan fingerprint density at radius 2 is 1.89 bits per heavy atom. The van der Waals surface area contributed by atoms with Gasteiger partial charge in [-0.05, 0) is 36.8 Å². The van der Waals surface area contributed by atoms with Crippen molar-refractivity contribution in [3.05, 3.63) is 47.0 Å². The number of benzene rings is 2. The zero-order chi connectivity index (χ0) is 13.5. The molecule has 0 spiro atoms. The summed E-state index contributed by atoms with van der Waals surface area (Å²) in [6.07, 6.45) is 2.07. The predicted molar refractivity (Wildman–Crippen MR) is 81.1 cm³/mol. The Hall–Kier alpha value is -0.760. The third-order valence-corrected chi connectivity index (χ3v) is 4.99. The van der Waals surface area contributed by atoms with Crippen LogP contribution < -0.4 is 0 Å². The van der Waals surface area contributed by atoms with E-state index in [1.54, 1.807) is 0 Å². The summed E-state index contributed by atoms with van der Waals surface area (Å²) >= 11 is 13.0. The second-order valence-corrected chi connectivity index (χ2v) is 6.15. The molecule has 19 heavy (non-hydrogen) atoms. The van der Waals surface area contributed by atoms with Crippen molar-refractivity contribution in [2.24, 2.45) is 0 Å². The first-order chi connectivity index (χ1) is 9.12. The lowest BCUT2D eigenvalue weighted by Crippen LogP contribution is -2.28. The van der Waals surface area contributed by atoms with Gasteiger partial charge in [0.15, 0.2) is 0 Å². The first-order valence-electron chi connectivity index (χ1n) is 6.57. The molecule has 1 aliphatic rings. The summed E-state index contributed by atoms with van der Waals surface area (Å²) in [5.41, 5.74) is 0.823. The first-order valence-corrected chi connectivity index (χ1v) is 7.38. The molecule has 0 amide bonds. The van der Waals surface area contributed by atoms with Crippen LogP contribution in [0.5, 0.6) is 0 Å². The molecular formula is C16H16Cl2O. The highest BCUT2D eigenvalue weighted by Crippen LogP contribution is 2.44. The molecule has 1 aliphatic heterocycles. The molecule has 0 bridgehead atoms. The zero-order valence-electron chi connectivity index (χ0n) is 10.8. The molecule has 1 nitrogen and oxygen atoms in total. The highest BCUT2D eigenvalue weighted by molar-refractivity contribution is 6.35. The minimum absolute atomic E-state index is 0.155. The van der Waals surface area contributed by atoms with Gasteiger partial charge in [-0.3, -0.25) is 0 Å². The summed E-state index contributed by atoms with van der Waals surface area (Å²) in [6, 6.07) is 12.1. The fraction of sp³-hybridized carbons (Fsp3) is 0.375. The quantitative estimate of drug-likeness (QED) is 0.679. The van der Waals surface area contributed by atoms with Crippen LogP contribution in [0.1, 0.15) is 30.7 Å². The minimum atomic E-state index is -0.280. The molecule has 0 radical (unpaired) electrons. The maximum atomic E-state index is 6.72. The van der Waals surface area contributed by atoms with E-state index in [0.717, 1.165) is 40.8 Å². The Kier molecular flexibility index (Phi) is 3.46. The van der Waals surface area contributed by atoms with Crippen molar-refractivity contribution in [1.29, 1.82) is 0 Å². The van der Waals surface area contributed by atoms with Gasteiger partial charge < -0.3 is 4.74 Å². The lowest BCUT2D eigenvalue weighted by molar-refractivity contribution is 0.0167. The van der Waals surface area contributed by atoms with Crippen molar-refractivity contribution >= 4 is 34.0 Å². The van der Waals surface area contributed by atoms with Gasteiger partial charge in [0.25, 0.3) is 0 Å². The Labute approximate surface area is 123 Å². The summed E-state index contributed by atoms with van der Waals surface area (Å²) < 4.78 is 5.87. The van der Waals surface area contributed by atoms with Crippen LogP contribution in [-0.4, -0.2) is 12.2 Å². The summed E-state index contributed by atoms with van der Waals surface area (Å²) in [7, 11) is 0. The van der Waals surface area contributed by atoms with Crippen LogP contribution in [0.25, 0.3) is 10.8 Å². The molecule has 1 fully saturated rings. The molecule has 2 unspecified atom stereocenters. The Bertz CT molecular complexity index is 603. The van der Waals surface area contributed by atoms with Gasteiger partial charge in [-0.15, -0.1) is 11.6 Å². The third-order valence-electron chi connectivity index (χ3n) is 3.96. The Morgan fingerprint density at radius 3 is 2.58 bits per heavy atom. The van der Waals surface area contributed by atoms with E-state index in [1.165, 1.54) is 0 Å². The molecule has 0 N–H and O–H groups in total. The number of halogens is 2. The summed E-state index contributed by atoms with van der Waals surface area (Å²) in [6.45, 7) is 2.90. The van der Waals surface area contributed by atoms with Crippen molar-refractivity contribution in [2.75, 3.05) is 6.61 Å². The highest BCUT2D eigenvalue weighted by atomic mass is 35.5. The molecule has 0 aromatic heterocycles. The molecule has 2 atom stereocenters. The van der Waals surface area contributed by atoms with Crippen LogP contribution in [0.4, 0.5) is 0 Å². The van der Waals surface area contributed by atoms with Gasteiger partial charge in [0.05, 0.1) is 11.0 Å². The number of hydrogen-bond acceptors (Lipinski definition) is 1. The number of ether oxygens (including phenoxy) is 1. The summed E-state index contributed by atoms with van der Waals surface area (Å²) in [5.74, 6) is 0. The van der Waals surface area contributed by atoms with Crippen LogP contribution in [0.15, 0.2) is 36.4 Å². The van der Waals surface area contributed by atoms with Crippen molar-refractivity contribution < 1.29 is 4.74 Å². The predicted octanol–water partition coefficient (Wildman–Crippen LogP) is 5.34. The monoisotopic (exact) mass is 294 g/mol. The van der Waals surface area contributed by atoms with E-state index in [2.05, 4.69) is 13.0 Å². The van der Waals surface area contributed by atoms with Gasteiger partial charge in [0, 0.05) is 17.0 Å². The maximum absolute atomic E-state index is 6.72. The van der Waals surface area contributed by atoms with Crippen LogP contribution in [0, 0.1) is 0 Å². The molecular weight excluding hydrogens is 279 g/mol. The van der Waals surface area contributed by atoms with Crippen LogP contribution in [0.3, 0.4) is 0 Å². The van der Waals surface area contributed by atoms with Crippen molar-refractivity contribution in [3.8, 4) is 0 Å². The van der Waals surface area contributed by atoms with Crippen molar-refractivity contribution in [2.45, 2.75) is 30.7 Å². The van der Waals surface area contributed by atoms with Crippen LogP contribution >= 0.6 is 23.2 Å². The van der Waals surface area contributed by atoms with Gasteiger partial charge in [0.2, 0.25) is 0 Å². The largest absolute Gasteiger partial charge is 0.373 e. The highest BCUT2D eigenvalue weighted by Gasteiger charge is 2.38. The van der Waals surface area contributed by atoms with Crippen LogP contribution in [0.2, 0.25) is 5.02 Å². The van der Waals surface area contributed by atoms with E-state index >= 15 is 0 Å². The molecule has 0 aliphatic carbocycles. The fourth-order valence-corrected chi connectivity index (χ4v) is 3.43. The molecule has 1 saturated heterocycles. The topological polar surface area (TPSA) is 9.23 Å². The van der Waals surface area contributed by atoms with E-state index in [-0.39, 0.29) is 11.0 Å². The van der Waals surface area contributed by atoms with E-state index in [4.69, 9.17) is 27.9 Å². The van der Waals surface area contributed by atoms with Gasteiger partial charge in [0.1, 0.15) is 0 Å². The van der Waals surface area contributed by atoms with E-state index in [0.29, 0.717) is 0 Å². The number of hydrogen-bond donors (Lipinski definition) is 0. The molecule has 100 valence electrons. The Balaban J connectivity index is 2.12. The van der Waals surface area contributed by atoms with E-state index in [1.807, 2.05) is 30.3 Å². The minimum Gasteiger partial charge on any atom is -0.373 e. The summed E-state index contributed by atoms with van der Waals surface area (Å²) in [5, 5.41) is 2.78. The van der Waals surface area contributed by atoms with Crippen molar-refractivity contribution in [3.63, 3.8) is 0 Å². The molecule has 2 aromatic rings. The average Bonchev–Trinajstić information content (AvgIpc) is 2.87. The standard InChI is InChI=1S/C16H16Cl2O/c1-16(9-4-10-19-16)15(18)13-7-8-14(17)12-6-3-2-5-11(12)13/h2-3,5-8,15H,4,9-10H2,1H3. The van der Waals surface area contributed by atoms with Gasteiger partial charge >= 0.3 is 0 Å². The van der Waals surface area contributed by atoms with Gasteiger partial charge in [-0.25, -0.2) is 0 Å². The molecule has 1 heterocycles. The van der Waals surface area contributed by atoms with Crippen molar-refractivity contribution in [1.82, 2.24) is 0 Å². The number of rotatable bonds is 2. The second kappa shape index (κ2) is 4.97. The van der Waals surface area contributed by atoms with Gasteiger partial charge in [-0.2, -0.15) is 0 Å². The number of alkyl halides is 1. The summed E-state index contributed by atoms with van der Waals surface area (Å²) in [4.78, 5) is 0. The second-order valence-electron chi connectivity index (χ2n) is 5.31. The molecule has 3 rings (SSSR count). The normalized spacial score (nSPS) is 24.8. The Morgan fingerprint density at radius 1 is 1.16 bits per heavy atom. The van der Waals surface area contributed by atoms with Crippen LogP contribution in [-0.2, 0) is 4.74 Å². The van der Waals surface area contributed by atoms with E-state index < -0.39 is 0 Å². The van der Waals surface area contributed by atoms with E-state index in [9.17, 15) is 0 Å². The smallest absolute Gasteiger partial charge is 0.0878 e. The van der Waals surface area contributed by atoms with Gasteiger partial charge in [-0.1, -0.05) is 41.9 Å². The molecule has 0 saturated carbocycles. The zero-order valence-corrected chi connectivity index (χ0v) is 12.3. The first kappa shape index (κ1) is 13.2. The fourth-order valence-electron chi connectivity index (χ4n) is 2.84. The maximum Gasteiger partial charge on any atom is 0.0878 e. The third kappa shape index (κ3) is 2.24. The molecule has 2 aromatic carbocycles. The molecule has 3 heteroatoms. The lowest BCUT2D eigenvalue weighted by atomic mass is 9.90.